The third-order valence-electron chi connectivity index (χ3n) is 3.28. The first kappa shape index (κ1) is 15.8. The van der Waals surface area contributed by atoms with E-state index in [2.05, 4.69) is 0 Å². The maximum absolute atomic E-state index is 12.2. The lowest BCUT2D eigenvalue weighted by atomic mass is 10.2. The summed E-state index contributed by atoms with van der Waals surface area (Å²) in [6.45, 7) is 0.406. The molecule has 0 amide bonds. The van der Waals surface area contributed by atoms with Crippen LogP contribution in [0.5, 0.6) is 5.75 Å². The number of esters is 1. The van der Waals surface area contributed by atoms with E-state index in [0.717, 1.165) is 5.69 Å². The van der Waals surface area contributed by atoms with Crippen molar-refractivity contribution in [2.75, 3.05) is 13.2 Å². The van der Waals surface area contributed by atoms with E-state index in [4.69, 9.17) is 14.7 Å². The second kappa shape index (κ2) is 7.49. The molecule has 3 aromatic rings. The molecule has 2 heterocycles. The summed E-state index contributed by atoms with van der Waals surface area (Å²) in [5.74, 6) is 0.270. The van der Waals surface area contributed by atoms with Gasteiger partial charge in [0.15, 0.2) is 0 Å². The molecule has 1 aromatic carbocycles. The van der Waals surface area contributed by atoms with Crippen LogP contribution in [0.1, 0.15) is 15.2 Å². The maximum atomic E-state index is 12.2. The molecule has 0 aliphatic carbocycles. The fraction of sp³-hybridized carbons (Fsp3) is 0.111. The zero-order chi connectivity index (χ0) is 16.8. The molecule has 0 saturated carbocycles. The molecule has 5 nitrogen and oxygen atoms in total. The summed E-state index contributed by atoms with van der Waals surface area (Å²) in [5, 5.41) is 10.6. The Bertz CT molecular complexity index is 845. The Morgan fingerprint density at radius 3 is 2.58 bits per heavy atom. The van der Waals surface area contributed by atoms with Crippen LogP contribution in [0.25, 0.3) is 5.69 Å². The second-order valence-electron chi connectivity index (χ2n) is 4.85. The van der Waals surface area contributed by atoms with Crippen LogP contribution in [0.15, 0.2) is 60.2 Å². The lowest BCUT2D eigenvalue weighted by Gasteiger charge is -2.08. The van der Waals surface area contributed by atoms with Gasteiger partial charge in [0.2, 0.25) is 0 Å². The Labute approximate surface area is 143 Å². The van der Waals surface area contributed by atoms with Crippen molar-refractivity contribution in [1.29, 1.82) is 5.26 Å². The van der Waals surface area contributed by atoms with Gasteiger partial charge in [-0.25, -0.2) is 4.79 Å². The minimum atomic E-state index is -0.364. The van der Waals surface area contributed by atoms with Gasteiger partial charge in [0, 0.05) is 12.4 Å². The molecule has 2 aromatic heterocycles. The van der Waals surface area contributed by atoms with Gasteiger partial charge in [-0.1, -0.05) is 0 Å². The van der Waals surface area contributed by atoms with Crippen LogP contribution in [0.3, 0.4) is 0 Å². The van der Waals surface area contributed by atoms with Gasteiger partial charge in [-0.15, -0.1) is 11.3 Å². The largest absolute Gasteiger partial charge is 0.490 e. The highest BCUT2D eigenvalue weighted by Crippen LogP contribution is 2.22. The lowest BCUT2D eigenvalue weighted by molar-refractivity contribution is 0.0456. The topological polar surface area (TPSA) is 64.2 Å². The number of aromatic nitrogens is 1. The predicted octanol–water partition coefficient (Wildman–Crippen LogP) is 3.65. The van der Waals surface area contributed by atoms with Crippen molar-refractivity contribution in [1.82, 2.24) is 4.57 Å². The molecular formula is C18H14N2O3S. The van der Waals surface area contributed by atoms with Crippen LogP contribution in [-0.2, 0) is 4.74 Å². The molecule has 0 N–H and O–H groups in total. The van der Waals surface area contributed by atoms with Crippen LogP contribution < -0.4 is 4.74 Å². The molecule has 0 aliphatic heterocycles. The zero-order valence-corrected chi connectivity index (χ0v) is 13.5. The van der Waals surface area contributed by atoms with E-state index in [0.29, 0.717) is 16.2 Å². The molecule has 0 radical (unpaired) electrons. The second-order valence-corrected chi connectivity index (χ2v) is 5.76. The van der Waals surface area contributed by atoms with Gasteiger partial charge in [-0.3, -0.25) is 0 Å². The summed E-state index contributed by atoms with van der Waals surface area (Å²) in [6.07, 6.45) is 3.76. The van der Waals surface area contributed by atoms with Gasteiger partial charge in [-0.2, -0.15) is 5.26 Å². The van der Waals surface area contributed by atoms with Gasteiger partial charge in [0.25, 0.3) is 0 Å². The van der Waals surface area contributed by atoms with Crippen molar-refractivity contribution >= 4 is 17.3 Å². The van der Waals surface area contributed by atoms with Crippen molar-refractivity contribution in [2.45, 2.75) is 0 Å². The Morgan fingerprint density at radius 1 is 1.12 bits per heavy atom. The molecule has 0 fully saturated rings. The molecular weight excluding hydrogens is 324 g/mol. The van der Waals surface area contributed by atoms with Crippen LogP contribution in [0.2, 0.25) is 0 Å². The highest BCUT2D eigenvalue weighted by molar-refractivity contribution is 7.12. The Balaban J connectivity index is 1.51. The van der Waals surface area contributed by atoms with E-state index in [1.807, 2.05) is 46.6 Å². The standard InChI is InChI=1S/C18H14N2O3S/c19-13-14-3-5-15(6-4-14)22-10-11-23-18(21)17-16(7-12-24-17)20-8-1-2-9-20/h1-9,12H,10-11H2. The maximum Gasteiger partial charge on any atom is 0.350 e. The molecule has 0 bridgehead atoms. The number of thiophene rings is 1. The van der Waals surface area contributed by atoms with Gasteiger partial charge in [0.1, 0.15) is 23.8 Å². The Morgan fingerprint density at radius 2 is 1.88 bits per heavy atom. The number of rotatable bonds is 6. The lowest BCUT2D eigenvalue weighted by Crippen LogP contribution is -2.12. The van der Waals surface area contributed by atoms with E-state index < -0.39 is 0 Å². The van der Waals surface area contributed by atoms with E-state index in [1.165, 1.54) is 11.3 Å². The minimum absolute atomic E-state index is 0.155. The van der Waals surface area contributed by atoms with Crippen LogP contribution in [-0.4, -0.2) is 23.8 Å². The van der Waals surface area contributed by atoms with Crippen molar-refractivity contribution in [3.05, 3.63) is 70.7 Å². The molecule has 24 heavy (non-hydrogen) atoms. The average molecular weight is 338 g/mol. The first-order valence-electron chi connectivity index (χ1n) is 7.29. The normalized spacial score (nSPS) is 10.1. The number of nitriles is 1. The molecule has 3 rings (SSSR count). The van der Waals surface area contributed by atoms with Crippen molar-refractivity contribution in [2.24, 2.45) is 0 Å². The van der Waals surface area contributed by atoms with Gasteiger partial charge < -0.3 is 14.0 Å². The van der Waals surface area contributed by atoms with E-state index in [9.17, 15) is 4.79 Å². The summed E-state index contributed by atoms with van der Waals surface area (Å²) in [6, 6.07) is 14.5. The minimum Gasteiger partial charge on any atom is -0.490 e. The SMILES string of the molecule is N#Cc1ccc(OCCOC(=O)c2sccc2-n2cccc2)cc1. The van der Waals surface area contributed by atoms with E-state index in [1.54, 1.807) is 24.3 Å². The number of benzene rings is 1. The van der Waals surface area contributed by atoms with Crippen LogP contribution >= 0.6 is 11.3 Å². The van der Waals surface area contributed by atoms with Crippen molar-refractivity contribution < 1.29 is 14.3 Å². The number of carbonyl (C=O) groups excluding carboxylic acids is 1. The molecule has 120 valence electrons. The quantitative estimate of drug-likeness (QED) is 0.508. The number of hydrogen-bond donors (Lipinski definition) is 0. The van der Waals surface area contributed by atoms with Crippen molar-refractivity contribution in [3.63, 3.8) is 0 Å². The molecule has 6 heteroatoms. The number of carbonyl (C=O) groups is 1. The van der Waals surface area contributed by atoms with E-state index in [-0.39, 0.29) is 19.2 Å². The summed E-state index contributed by atoms with van der Waals surface area (Å²) in [4.78, 5) is 12.8. The van der Waals surface area contributed by atoms with Crippen LogP contribution in [0.4, 0.5) is 0 Å². The highest BCUT2D eigenvalue weighted by Gasteiger charge is 2.15. The molecule has 0 saturated heterocycles. The monoisotopic (exact) mass is 338 g/mol. The first-order chi connectivity index (χ1) is 11.8. The first-order valence-corrected chi connectivity index (χ1v) is 8.17. The Hall–Kier alpha value is -3.04. The summed E-state index contributed by atoms with van der Waals surface area (Å²) in [7, 11) is 0. The molecule has 0 atom stereocenters. The summed E-state index contributed by atoms with van der Waals surface area (Å²) >= 11 is 1.35. The zero-order valence-electron chi connectivity index (χ0n) is 12.7. The van der Waals surface area contributed by atoms with Gasteiger partial charge in [0.05, 0.1) is 17.3 Å². The predicted molar refractivity (Wildman–Crippen MR) is 90.6 cm³/mol. The number of ether oxygens (including phenoxy) is 2. The number of nitrogens with zero attached hydrogens (tertiary/aromatic N) is 2. The van der Waals surface area contributed by atoms with E-state index >= 15 is 0 Å². The fourth-order valence-corrected chi connectivity index (χ4v) is 2.92. The van der Waals surface area contributed by atoms with Crippen molar-refractivity contribution in [3.8, 4) is 17.5 Å². The fourth-order valence-electron chi connectivity index (χ4n) is 2.14. The van der Waals surface area contributed by atoms with Crippen LogP contribution in [0, 0.1) is 11.3 Å². The third-order valence-corrected chi connectivity index (χ3v) is 4.16. The number of hydrogen-bond acceptors (Lipinski definition) is 5. The molecule has 0 aliphatic rings. The molecule has 0 spiro atoms. The third kappa shape index (κ3) is 3.65. The summed E-state index contributed by atoms with van der Waals surface area (Å²) < 4.78 is 12.6. The average Bonchev–Trinajstić information content (AvgIpc) is 3.29. The Kier molecular flexibility index (Phi) is 4.94. The van der Waals surface area contributed by atoms with Gasteiger partial charge in [-0.05, 0) is 47.8 Å². The smallest absolute Gasteiger partial charge is 0.350 e. The van der Waals surface area contributed by atoms with Gasteiger partial charge >= 0.3 is 5.97 Å². The summed E-state index contributed by atoms with van der Waals surface area (Å²) in [5.41, 5.74) is 1.38. The highest BCUT2D eigenvalue weighted by atomic mass is 32.1. The molecule has 0 unspecified atom stereocenters.